The van der Waals surface area contributed by atoms with E-state index in [9.17, 15) is 85.6 Å². The number of esters is 2. The molecule has 0 bridgehead atoms. The van der Waals surface area contributed by atoms with Gasteiger partial charge >= 0.3 is 17.9 Å². The number of aldehydes is 1. The van der Waals surface area contributed by atoms with E-state index in [0.29, 0.717) is 32.1 Å². The molecule has 13 N–H and O–H groups in total. The number of fused-ring (bicyclic) bond motifs is 7. The third kappa shape index (κ3) is 11.3. The van der Waals surface area contributed by atoms with Gasteiger partial charge in [0, 0.05) is 18.8 Å². The maximum Gasteiger partial charge on any atom is 0.335 e. The first-order chi connectivity index (χ1) is 40.2. The summed E-state index contributed by atoms with van der Waals surface area (Å²) >= 11 is 0. The van der Waals surface area contributed by atoms with Crippen molar-refractivity contribution in [3.8, 4) is 0 Å². The molecule has 0 aromatic heterocycles. The summed E-state index contributed by atoms with van der Waals surface area (Å²) in [6.07, 6.45) is -33.6. The summed E-state index contributed by atoms with van der Waals surface area (Å²) in [6.45, 7) is 14.7. The van der Waals surface area contributed by atoms with Crippen LogP contribution in [-0.2, 0) is 66.5 Å². The zero-order valence-corrected chi connectivity index (χ0v) is 50.2. The van der Waals surface area contributed by atoms with Crippen LogP contribution in [0.4, 0.5) is 0 Å². The lowest BCUT2D eigenvalue weighted by Gasteiger charge is -2.72. The average molecular weight is 1230 g/mol. The quantitative estimate of drug-likeness (QED) is 0.0346. The minimum atomic E-state index is -2.26. The lowest BCUT2D eigenvalue weighted by molar-refractivity contribution is -0.395. The zero-order valence-electron chi connectivity index (χ0n) is 50.2. The van der Waals surface area contributed by atoms with Gasteiger partial charge in [0.15, 0.2) is 31.3 Å². The molecule has 0 radical (unpaired) electrons. The molecular weight excluding hydrogens is 1140 g/mol. The van der Waals surface area contributed by atoms with Gasteiger partial charge in [0.2, 0.25) is 0 Å². The Bertz CT molecular complexity index is 2480. The highest BCUT2D eigenvalue weighted by atomic mass is 16.8. The largest absolute Gasteiger partial charge is 0.479 e. The fourth-order valence-corrected chi connectivity index (χ4v) is 17.1. The predicted octanol–water partition coefficient (Wildman–Crippen LogP) is -1.93. The number of carboxylic acid groups (broad SMARTS) is 1. The fourth-order valence-electron chi connectivity index (χ4n) is 17.1. The molecule has 30 atom stereocenters. The van der Waals surface area contributed by atoms with Crippen LogP contribution >= 0.6 is 0 Å². The summed E-state index contributed by atoms with van der Waals surface area (Å²) in [7, 11) is 0. The number of hydrogen-bond donors (Lipinski definition) is 13. The second-order valence-corrected chi connectivity index (χ2v) is 28.0. The van der Waals surface area contributed by atoms with Crippen molar-refractivity contribution < 1.29 is 133 Å². The zero-order chi connectivity index (χ0) is 63.3. The molecular formula is C59H92O27. The van der Waals surface area contributed by atoms with Crippen molar-refractivity contribution in [2.75, 3.05) is 26.4 Å². The molecule has 4 saturated carbocycles. The van der Waals surface area contributed by atoms with Crippen molar-refractivity contribution in [1.29, 1.82) is 0 Å². The predicted molar refractivity (Wildman–Crippen MR) is 289 cm³/mol. The van der Waals surface area contributed by atoms with Gasteiger partial charge in [-0.15, -0.1) is 0 Å². The van der Waals surface area contributed by atoms with Crippen molar-refractivity contribution in [2.45, 2.75) is 249 Å². The number of carbonyl (C=O) groups is 4. The van der Waals surface area contributed by atoms with E-state index in [0.717, 1.165) is 11.9 Å². The SMILES string of the molecule is CC(=O)OC[C@@]12C(CC(C)(C)[C@@H](OC(=O)CC(C)C)[C@@H]1O)C1=CCC3[C@@]4(C)CC[C@H](O[C@@H]5O[C@H](C(=O)O)[C@@H](O)[C@H](O[C@@H]6OC[C@H](O)[C@H](O[C@@H]7OC[C@H](O)[C@H](O)[C@H]7O)[C@H]6O)[C@H]5O[C@@H]5O[C@H](CO)[C@H](O)[C@H](O)[C@H]5O)[C@@](C)(C=O)C4CC[C@@]3(C)[C@]1(C)C[C@H]2O. The van der Waals surface area contributed by atoms with E-state index in [-0.39, 0.29) is 37.7 Å². The van der Waals surface area contributed by atoms with Crippen molar-refractivity contribution in [3.05, 3.63) is 11.6 Å². The molecule has 3 unspecified atom stereocenters. The van der Waals surface area contributed by atoms with E-state index < -0.39 is 217 Å². The Morgan fingerprint density at radius 1 is 0.698 bits per heavy atom. The van der Waals surface area contributed by atoms with Gasteiger partial charge in [-0.1, -0.05) is 67.0 Å². The lowest BCUT2D eigenvalue weighted by Crippen LogP contribution is -2.72. The number of carboxylic acids is 1. The smallest absolute Gasteiger partial charge is 0.335 e. The minimum Gasteiger partial charge on any atom is -0.479 e. The van der Waals surface area contributed by atoms with Crippen LogP contribution in [0.25, 0.3) is 0 Å². The van der Waals surface area contributed by atoms with Gasteiger partial charge in [-0.25, -0.2) is 4.79 Å². The van der Waals surface area contributed by atoms with Gasteiger partial charge in [0.05, 0.1) is 42.9 Å². The highest BCUT2D eigenvalue weighted by Crippen LogP contribution is 2.76. The third-order valence-corrected chi connectivity index (χ3v) is 22.0. The Morgan fingerprint density at radius 3 is 1.95 bits per heavy atom. The van der Waals surface area contributed by atoms with Crippen LogP contribution in [0.1, 0.15) is 114 Å². The molecule has 27 nitrogen and oxygen atoms in total. The first-order valence-corrected chi connectivity index (χ1v) is 30.1. The number of rotatable bonds is 16. The lowest BCUT2D eigenvalue weighted by atomic mass is 9.33. The highest BCUT2D eigenvalue weighted by molar-refractivity contribution is 5.73. The molecule has 27 heteroatoms. The van der Waals surface area contributed by atoms with Gasteiger partial charge in [0.25, 0.3) is 0 Å². The maximum absolute atomic E-state index is 14.2. The Labute approximate surface area is 498 Å². The topological polar surface area (TPSA) is 424 Å². The summed E-state index contributed by atoms with van der Waals surface area (Å²) in [4.78, 5) is 53.1. The number of ether oxygens (including phenoxy) is 10. The van der Waals surface area contributed by atoms with Crippen LogP contribution in [0.5, 0.6) is 0 Å². The summed E-state index contributed by atoms with van der Waals surface area (Å²) < 4.78 is 59.6. The molecule has 9 aliphatic rings. The fraction of sp³-hybridized carbons (Fsp3) is 0.898. The Morgan fingerprint density at radius 2 is 1.33 bits per heavy atom. The van der Waals surface area contributed by atoms with Crippen molar-refractivity contribution >= 4 is 24.2 Å². The average Bonchev–Trinajstić information content (AvgIpc) is 0.672. The molecule has 4 aliphatic heterocycles. The number of carbonyl (C=O) groups excluding carboxylic acids is 3. The standard InChI is InChI=1S/C59H92O27/c1-24(2)16-35(66)82-48-47(74)59(23-79-25(3)62)27(17-54(48,4)5)26-10-11-32-55(6)14-13-34(56(7,22-61)31(55)12-15-57(32,8)58(26,9)18-33(59)65)81-53-46(86-52-40(71)38(69)37(68)30(19-60)80-52)44(41(72)45(85-53)49(75)76)84-51-42(73)43(29(64)21-78-51)83-50-39(70)36(67)28(63)20-77-50/h10,22,24,27-34,36-48,50-53,60,63-65,67-74H,11-21,23H2,1-9H3,(H,75,76)/t27?,28-,29-,30+,31?,32?,33+,34-,36-,37-,38-,39+,40+,41-,42+,43-,44-,45-,46+,47-,48-,50-,51-,52-,53+,55-,56-,57+,58+,59-/m0/s1. The van der Waals surface area contributed by atoms with E-state index in [1.165, 1.54) is 6.92 Å². The monoisotopic (exact) mass is 1230 g/mol. The summed E-state index contributed by atoms with van der Waals surface area (Å²) in [5.74, 6) is -4.01. The van der Waals surface area contributed by atoms with Crippen molar-refractivity contribution in [1.82, 2.24) is 0 Å². The van der Waals surface area contributed by atoms with E-state index in [1.54, 1.807) is 6.92 Å². The molecule has 5 aliphatic carbocycles. The second-order valence-electron chi connectivity index (χ2n) is 28.0. The highest BCUT2D eigenvalue weighted by Gasteiger charge is 2.74. The van der Waals surface area contributed by atoms with Gasteiger partial charge in [-0.2, -0.15) is 0 Å². The molecule has 4 saturated heterocycles. The summed E-state index contributed by atoms with van der Waals surface area (Å²) in [5.41, 5.74) is -4.63. The van der Waals surface area contributed by atoms with Crippen molar-refractivity contribution in [2.24, 2.45) is 56.2 Å². The Hall–Kier alpha value is -2.98. The van der Waals surface area contributed by atoms with E-state index >= 15 is 0 Å². The molecule has 8 fully saturated rings. The van der Waals surface area contributed by atoms with E-state index in [1.807, 2.05) is 27.7 Å². The van der Waals surface area contributed by atoms with Crippen LogP contribution in [0.15, 0.2) is 11.6 Å². The first-order valence-electron chi connectivity index (χ1n) is 30.1. The number of allylic oxidation sites excluding steroid dienone is 2. The Kier molecular flexibility index (Phi) is 19.5. The van der Waals surface area contributed by atoms with Crippen LogP contribution in [0.3, 0.4) is 0 Å². The molecule has 0 amide bonds. The molecule has 490 valence electrons. The van der Waals surface area contributed by atoms with Gasteiger partial charge in [-0.05, 0) is 84.9 Å². The second kappa shape index (κ2) is 24.9. The van der Waals surface area contributed by atoms with E-state index in [2.05, 4.69) is 26.8 Å². The van der Waals surface area contributed by atoms with Gasteiger partial charge in [-0.3, -0.25) is 9.59 Å². The number of aliphatic carboxylic acids is 1. The van der Waals surface area contributed by atoms with Crippen LogP contribution in [0, 0.1) is 56.2 Å². The minimum absolute atomic E-state index is 0.0216. The molecule has 9 rings (SSSR count). The van der Waals surface area contributed by atoms with E-state index in [4.69, 9.17) is 47.4 Å². The number of hydrogen-bond acceptors (Lipinski definition) is 26. The maximum atomic E-state index is 14.2. The van der Waals surface area contributed by atoms with Crippen molar-refractivity contribution in [3.63, 3.8) is 0 Å². The molecule has 0 spiro atoms. The molecule has 86 heavy (non-hydrogen) atoms. The Balaban J connectivity index is 1.03. The van der Waals surface area contributed by atoms with Crippen LogP contribution in [0.2, 0.25) is 0 Å². The first kappa shape index (κ1) is 67.4. The summed E-state index contributed by atoms with van der Waals surface area (Å²) in [6, 6.07) is 0. The van der Waals surface area contributed by atoms with Gasteiger partial charge in [0.1, 0.15) is 104 Å². The van der Waals surface area contributed by atoms with Gasteiger partial charge < -0.3 is 119 Å². The molecule has 0 aromatic rings. The number of aliphatic hydroxyl groups excluding tert-OH is 12. The van der Waals surface area contributed by atoms with Crippen LogP contribution < -0.4 is 0 Å². The number of aliphatic hydroxyl groups is 12. The normalized spacial score (nSPS) is 51.0. The molecule has 0 aromatic carbocycles. The third-order valence-electron chi connectivity index (χ3n) is 22.0. The molecule has 4 heterocycles. The van der Waals surface area contributed by atoms with Crippen LogP contribution in [-0.4, -0.2) is 252 Å². The summed E-state index contributed by atoms with van der Waals surface area (Å²) in [5, 5.41) is 145.